The van der Waals surface area contributed by atoms with E-state index >= 15 is 0 Å². The van der Waals surface area contributed by atoms with Gasteiger partial charge in [-0.3, -0.25) is 4.79 Å². The number of aryl methyl sites for hydroxylation is 2. The Balaban J connectivity index is 1.73. The van der Waals surface area contributed by atoms with Crippen LogP contribution in [-0.4, -0.2) is 18.0 Å². The fourth-order valence-corrected chi connectivity index (χ4v) is 3.14. The monoisotopic (exact) mass is 381 g/mol. The van der Waals surface area contributed by atoms with Crippen molar-refractivity contribution in [1.82, 2.24) is 4.98 Å². The van der Waals surface area contributed by atoms with E-state index < -0.39 is 0 Å². The first-order valence-electron chi connectivity index (χ1n) is 8.42. The first-order valence-corrected chi connectivity index (χ1v) is 8.80. The molecule has 27 heavy (non-hydrogen) atoms. The van der Waals surface area contributed by atoms with E-state index in [4.69, 9.17) is 16.3 Å². The predicted octanol–water partition coefficient (Wildman–Crippen LogP) is 5.36. The van der Waals surface area contributed by atoms with Crippen molar-refractivity contribution in [2.75, 3.05) is 17.7 Å². The second-order valence-electron chi connectivity index (χ2n) is 6.15. The van der Waals surface area contributed by atoms with E-state index in [1.807, 2.05) is 26.0 Å². The van der Waals surface area contributed by atoms with E-state index in [9.17, 15) is 4.79 Å². The highest BCUT2D eigenvalue weighted by Gasteiger charge is 2.12. The molecule has 0 saturated carbocycles. The zero-order valence-corrected chi connectivity index (χ0v) is 16.1. The minimum absolute atomic E-state index is 0.257. The number of carbonyl (C=O) groups is 1. The molecule has 0 bridgehead atoms. The Labute approximate surface area is 163 Å². The van der Waals surface area contributed by atoms with Crippen molar-refractivity contribution < 1.29 is 9.53 Å². The minimum atomic E-state index is -0.257. The summed E-state index contributed by atoms with van der Waals surface area (Å²) in [7, 11) is 1.53. The number of amides is 1. The largest absolute Gasteiger partial charge is 0.496 e. The number of nitrogens with one attached hydrogen (secondary N) is 2. The lowest BCUT2D eigenvalue weighted by Crippen LogP contribution is -2.13. The third kappa shape index (κ3) is 4.38. The van der Waals surface area contributed by atoms with Gasteiger partial charge in [-0.25, -0.2) is 4.98 Å². The Kier molecular flexibility index (Phi) is 5.62. The van der Waals surface area contributed by atoms with Crippen molar-refractivity contribution in [3.8, 4) is 5.75 Å². The molecule has 3 rings (SSSR count). The lowest BCUT2D eigenvalue weighted by atomic mass is 10.1. The number of methoxy groups -OCH3 is 1. The van der Waals surface area contributed by atoms with Gasteiger partial charge in [0.05, 0.1) is 35.3 Å². The van der Waals surface area contributed by atoms with Crippen LogP contribution < -0.4 is 15.4 Å². The molecule has 2 aromatic carbocycles. The molecule has 2 N–H and O–H groups in total. The van der Waals surface area contributed by atoms with Crippen molar-refractivity contribution in [2.24, 2.45) is 0 Å². The number of anilines is 3. The van der Waals surface area contributed by atoms with E-state index in [0.29, 0.717) is 27.8 Å². The summed E-state index contributed by atoms with van der Waals surface area (Å²) in [6, 6.07) is 14.6. The van der Waals surface area contributed by atoms with E-state index in [1.165, 1.54) is 7.11 Å². The highest BCUT2D eigenvalue weighted by molar-refractivity contribution is 6.33. The molecule has 6 heteroatoms. The molecule has 0 unspecified atom stereocenters. The fraction of sp³-hybridized carbons (Fsp3) is 0.143. The fourth-order valence-electron chi connectivity index (χ4n) is 2.77. The van der Waals surface area contributed by atoms with Gasteiger partial charge in [-0.2, -0.15) is 0 Å². The van der Waals surface area contributed by atoms with Crippen molar-refractivity contribution in [3.63, 3.8) is 0 Å². The van der Waals surface area contributed by atoms with Crippen molar-refractivity contribution >= 4 is 34.7 Å². The number of ether oxygens (including phenoxy) is 1. The van der Waals surface area contributed by atoms with Gasteiger partial charge in [0.1, 0.15) is 11.6 Å². The Morgan fingerprint density at radius 2 is 1.89 bits per heavy atom. The first kappa shape index (κ1) is 18.7. The Morgan fingerprint density at radius 1 is 1.11 bits per heavy atom. The number of pyridine rings is 1. The minimum Gasteiger partial charge on any atom is -0.496 e. The number of hydrogen-bond acceptors (Lipinski definition) is 4. The van der Waals surface area contributed by atoms with E-state index in [0.717, 1.165) is 16.8 Å². The normalized spacial score (nSPS) is 10.4. The van der Waals surface area contributed by atoms with Gasteiger partial charge in [0.25, 0.3) is 5.91 Å². The number of halogens is 1. The molecular weight excluding hydrogens is 362 g/mol. The van der Waals surface area contributed by atoms with Crippen molar-refractivity contribution in [2.45, 2.75) is 13.8 Å². The number of benzene rings is 2. The molecule has 0 aliphatic heterocycles. The van der Waals surface area contributed by atoms with Gasteiger partial charge >= 0.3 is 0 Å². The quantitative estimate of drug-likeness (QED) is 0.624. The van der Waals surface area contributed by atoms with E-state index in [-0.39, 0.29) is 5.91 Å². The summed E-state index contributed by atoms with van der Waals surface area (Å²) in [6.45, 7) is 3.99. The highest BCUT2D eigenvalue weighted by Crippen LogP contribution is 2.30. The van der Waals surface area contributed by atoms with Gasteiger partial charge in [0.2, 0.25) is 0 Å². The zero-order valence-electron chi connectivity index (χ0n) is 15.3. The molecule has 3 aromatic rings. The van der Waals surface area contributed by atoms with Gasteiger partial charge in [0.15, 0.2) is 0 Å². The number of para-hydroxylation sites is 1. The Bertz CT molecular complexity index is 948. The molecule has 0 radical (unpaired) electrons. The highest BCUT2D eigenvalue weighted by atomic mass is 35.5. The predicted molar refractivity (Wildman–Crippen MR) is 109 cm³/mol. The summed E-state index contributed by atoms with van der Waals surface area (Å²) in [4.78, 5) is 16.8. The van der Waals surface area contributed by atoms with Crippen LogP contribution in [0.1, 0.15) is 21.5 Å². The van der Waals surface area contributed by atoms with Crippen LogP contribution in [0.3, 0.4) is 0 Å². The molecular formula is C21H20ClN3O2. The van der Waals surface area contributed by atoms with Crippen LogP contribution in [0.15, 0.2) is 54.7 Å². The third-order valence-electron chi connectivity index (χ3n) is 4.06. The SMILES string of the molecule is COc1ccccc1C(=O)Nc1ccc(Nc2c(C)cc(C)cc2Cl)nc1. The summed E-state index contributed by atoms with van der Waals surface area (Å²) in [5.74, 6) is 0.900. The van der Waals surface area contributed by atoms with Crippen LogP contribution >= 0.6 is 11.6 Å². The molecule has 0 aliphatic rings. The zero-order chi connectivity index (χ0) is 19.4. The number of nitrogens with zero attached hydrogens (tertiary/aromatic N) is 1. The van der Waals surface area contributed by atoms with E-state index in [1.54, 1.807) is 36.5 Å². The molecule has 1 amide bonds. The average Bonchev–Trinajstić information content (AvgIpc) is 2.65. The molecule has 138 valence electrons. The van der Waals surface area contributed by atoms with Gasteiger partial charge in [-0.05, 0) is 55.3 Å². The Hall–Kier alpha value is -3.05. The third-order valence-corrected chi connectivity index (χ3v) is 4.36. The Morgan fingerprint density at radius 3 is 2.56 bits per heavy atom. The smallest absolute Gasteiger partial charge is 0.259 e. The lowest BCUT2D eigenvalue weighted by Gasteiger charge is -2.13. The number of hydrogen-bond donors (Lipinski definition) is 2. The van der Waals surface area contributed by atoms with Gasteiger partial charge in [-0.1, -0.05) is 29.8 Å². The van der Waals surface area contributed by atoms with Crippen LogP contribution in [0.4, 0.5) is 17.2 Å². The van der Waals surface area contributed by atoms with E-state index in [2.05, 4.69) is 21.7 Å². The standard InChI is InChI=1S/C21H20ClN3O2/c1-13-10-14(2)20(17(22)11-13)25-19-9-8-15(12-23-19)24-21(26)16-6-4-5-7-18(16)27-3/h4-12H,1-3H3,(H,23,25)(H,24,26). The molecule has 0 aliphatic carbocycles. The van der Waals surface area contributed by atoms with Crippen LogP contribution in [0.25, 0.3) is 0 Å². The molecule has 0 atom stereocenters. The second kappa shape index (κ2) is 8.10. The van der Waals surface area contributed by atoms with Crippen LogP contribution in [0, 0.1) is 13.8 Å². The average molecular weight is 382 g/mol. The van der Waals surface area contributed by atoms with Crippen molar-refractivity contribution in [3.05, 3.63) is 76.4 Å². The maximum Gasteiger partial charge on any atom is 0.259 e. The molecule has 1 heterocycles. The summed E-state index contributed by atoms with van der Waals surface area (Å²) in [6.07, 6.45) is 1.59. The first-order chi connectivity index (χ1) is 13.0. The topological polar surface area (TPSA) is 63.2 Å². The van der Waals surface area contributed by atoms with Gasteiger partial charge in [0, 0.05) is 0 Å². The summed E-state index contributed by atoms with van der Waals surface area (Å²) < 4.78 is 5.22. The maximum atomic E-state index is 12.4. The van der Waals surface area contributed by atoms with Crippen LogP contribution in [-0.2, 0) is 0 Å². The molecule has 0 fully saturated rings. The van der Waals surface area contributed by atoms with Gasteiger partial charge < -0.3 is 15.4 Å². The maximum absolute atomic E-state index is 12.4. The molecule has 1 aromatic heterocycles. The summed E-state index contributed by atoms with van der Waals surface area (Å²) in [5.41, 5.74) is 4.01. The number of rotatable bonds is 5. The lowest BCUT2D eigenvalue weighted by molar-refractivity contribution is 0.102. The van der Waals surface area contributed by atoms with Crippen LogP contribution in [0.5, 0.6) is 5.75 Å². The second-order valence-corrected chi connectivity index (χ2v) is 6.56. The van der Waals surface area contributed by atoms with Crippen molar-refractivity contribution in [1.29, 1.82) is 0 Å². The molecule has 0 spiro atoms. The molecule has 0 saturated heterocycles. The summed E-state index contributed by atoms with van der Waals surface area (Å²) in [5, 5.41) is 6.68. The van der Waals surface area contributed by atoms with Gasteiger partial charge in [-0.15, -0.1) is 0 Å². The molecule has 5 nitrogen and oxygen atoms in total. The number of carbonyl (C=O) groups excluding carboxylic acids is 1. The van der Waals surface area contributed by atoms with Crippen LogP contribution in [0.2, 0.25) is 5.02 Å². The summed E-state index contributed by atoms with van der Waals surface area (Å²) >= 11 is 6.32. The number of aromatic nitrogens is 1.